The van der Waals surface area contributed by atoms with E-state index >= 15 is 0 Å². The summed E-state index contributed by atoms with van der Waals surface area (Å²) in [6, 6.07) is 14.1. The molecule has 0 aromatic heterocycles. The minimum absolute atomic E-state index is 0.188. The van der Waals surface area contributed by atoms with Crippen LogP contribution in [0.5, 0.6) is 0 Å². The van der Waals surface area contributed by atoms with Crippen molar-refractivity contribution in [3.05, 3.63) is 64.7 Å². The van der Waals surface area contributed by atoms with E-state index in [1.54, 1.807) is 30.3 Å². The third kappa shape index (κ3) is 4.30. The molecular formula is C15H15BrClNO2S. The van der Waals surface area contributed by atoms with E-state index in [0.717, 1.165) is 11.1 Å². The molecule has 0 fully saturated rings. The van der Waals surface area contributed by atoms with Crippen LogP contribution in [0.15, 0.2) is 53.4 Å². The van der Waals surface area contributed by atoms with Crippen molar-refractivity contribution in [3.63, 3.8) is 0 Å². The molecule has 1 unspecified atom stereocenters. The summed E-state index contributed by atoms with van der Waals surface area (Å²) < 4.78 is 27.0. The average molecular weight is 389 g/mol. The van der Waals surface area contributed by atoms with E-state index in [9.17, 15) is 8.42 Å². The van der Waals surface area contributed by atoms with Crippen molar-refractivity contribution in [2.24, 2.45) is 0 Å². The highest BCUT2D eigenvalue weighted by atomic mass is 79.9. The Morgan fingerprint density at radius 3 is 2.38 bits per heavy atom. The van der Waals surface area contributed by atoms with Crippen molar-refractivity contribution in [1.82, 2.24) is 4.72 Å². The average Bonchev–Trinajstić information content (AvgIpc) is 2.46. The van der Waals surface area contributed by atoms with Crippen molar-refractivity contribution in [3.8, 4) is 0 Å². The molecule has 2 aromatic carbocycles. The second-order valence-electron chi connectivity index (χ2n) is 4.65. The molecule has 0 aliphatic rings. The molecule has 0 bridgehead atoms. The lowest BCUT2D eigenvalue weighted by molar-refractivity contribution is 0.581. The molecule has 2 aromatic rings. The first-order valence-electron chi connectivity index (χ1n) is 6.35. The van der Waals surface area contributed by atoms with Gasteiger partial charge in [-0.25, -0.2) is 13.1 Å². The number of nitrogens with one attached hydrogen (secondary N) is 1. The van der Waals surface area contributed by atoms with E-state index < -0.39 is 10.0 Å². The lowest BCUT2D eigenvalue weighted by Gasteiger charge is -2.13. The van der Waals surface area contributed by atoms with Gasteiger partial charge in [-0.15, -0.1) is 0 Å². The Labute approximate surface area is 138 Å². The number of aryl methyl sites for hydroxylation is 1. The highest BCUT2D eigenvalue weighted by Crippen LogP contribution is 2.28. The Balaban J connectivity index is 2.08. The van der Waals surface area contributed by atoms with Crippen LogP contribution in [-0.4, -0.2) is 15.0 Å². The van der Waals surface area contributed by atoms with Crippen LogP contribution in [-0.2, 0) is 10.0 Å². The van der Waals surface area contributed by atoms with Crippen molar-refractivity contribution in [2.45, 2.75) is 16.6 Å². The predicted molar refractivity (Wildman–Crippen MR) is 89.5 cm³/mol. The summed E-state index contributed by atoms with van der Waals surface area (Å²) >= 11 is 9.56. The summed E-state index contributed by atoms with van der Waals surface area (Å²) in [5.74, 6) is 0. The van der Waals surface area contributed by atoms with Crippen LogP contribution < -0.4 is 4.72 Å². The summed E-state index contributed by atoms with van der Waals surface area (Å²) in [5.41, 5.74) is 1.87. The van der Waals surface area contributed by atoms with Crippen LogP contribution in [0.4, 0.5) is 0 Å². The normalized spacial score (nSPS) is 13.1. The van der Waals surface area contributed by atoms with Crippen molar-refractivity contribution in [1.29, 1.82) is 0 Å². The van der Waals surface area contributed by atoms with E-state index in [1.807, 2.05) is 25.1 Å². The van der Waals surface area contributed by atoms with E-state index in [-0.39, 0.29) is 16.3 Å². The Kier molecular flexibility index (Phi) is 5.43. The fraction of sp³-hybridized carbons (Fsp3) is 0.200. The minimum Gasteiger partial charge on any atom is -0.210 e. The molecule has 0 saturated carbocycles. The maximum absolute atomic E-state index is 12.2. The first kappa shape index (κ1) is 16.5. The number of halogens is 2. The zero-order chi connectivity index (χ0) is 15.5. The summed E-state index contributed by atoms with van der Waals surface area (Å²) in [6.45, 7) is 2.13. The van der Waals surface area contributed by atoms with Gasteiger partial charge in [0, 0.05) is 11.6 Å². The molecule has 0 spiro atoms. The van der Waals surface area contributed by atoms with Crippen LogP contribution >= 0.6 is 27.5 Å². The van der Waals surface area contributed by atoms with Crippen LogP contribution in [0.25, 0.3) is 0 Å². The van der Waals surface area contributed by atoms with Gasteiger partial charge in [0.15, 0.2) is 0 Å². The second-order valence-corrected chi connectivity index (χ2v) is 7.93. The first-order chi connectivity index (χ1) is 9.90. The van der Waals surface area contributed by atoms with E-state index in [4.69, 9.17) is 11.6 Å². The number of alkyl halides is 1. The molecule has 2 rings (SSSR count). The fourth-order valence-corrected chi connectivity index (χ4v) is 4.04. The zero-order valence-electron chi connectivity index (χ0n) is 11.4. The molecule has 0 heterocycles. The standard InChI is InChI=1S/C15H15BrClNO2S/c1-11-6-8-12(9-7-11)21(19,20)18-10-14(16)13-4-2-3-5-15(13)17/h2-9,14,18H,10H2,1H3. The summed E-state index contributed by atoms with van der Waals surface area (Å²) in [6.07, 6.45) is 0. The number of benzene rings is 2. The summed E-state index contributed by atoms with van der Waals surface area (Å²) in [4.78, 5) is 0.0679. The maximum atomic E-state index is 12.2. The monoisotopic (exact) mass is 387 g/mol. The molecule has 0 saturated heterocycles. The Bertz CT molecular complexity index is 717. The van der Waals surface area contributed by atoms with Gasteiger partial charge in [-0.1, -0.05) is 63.4 Å². The van der Waals surface area contributed by atoms with Crippen LogP contribution in [0.1, 0.15) is 16.0 Å². The molecule has 21 heavy (non-hydrogen) atoms. The summed E-state index contributed by atoms with van der Waals surface area (Å²) in [5, 5.41) is 0.605. The van der Waals surface area contributed by atoms with Gasteiger partial charge in [0.25, 0.3) is 0 Å². The fourth-order valence-electron chi connectivity index (χ4n) is 1.82. The molecule has 1 atom stereocenters. The minimum atomic E-state index is -3.52. The molecule has 0 amide bonds. The largest absolute Gasteiger partial charge is 0.240 e. The number of hydrogen-bond donors (Lipinski definition) is 1. The SMILES string of the molecule is Cc1ccc(S(=O)(=O)NCC(Br)c2ccccc2Cl)cc1. The number of rotatable bonds is 5. The number of sulfonamides is 1. The molecule has 6 heteroatoms. The van der Waals surface area contributed by atoms with Crippen molar-refractivity contribution >= 4 is 37.6 Å². The molecular weight excluding hydrogens is 374 g/mol. The van der Waals surface area contributed by atoms with Gasteiger partial charge in [0.2, 0.25) is 10.0 Å². The Morgan fingerprint density at radius 1 is 1.14 bits per heavy atom. The van der Waals surface area contributed by atoms with Crippen molar-refractivity contribution in [2.75, 3.05) is 6.54 Å². The smallest absolute Gasteiger partial charge is 0.210 e. The second kappa shape index (κ2) is 6.92. The van der Waals surface area contributed by atoms with E-state index in [1.165, 1.54) is 0 Å². The van der Waals surface area contributed by atoms with Crippen LogP contribution in [0.3, 0.4) is 0 Å². The van der Waals surface area contributed by atoms with Gasteiger partial charge in [0.05, 0.1) is 9.72 Å². The molecule has 1 N–H and O–H groups in total. The van der Waals surface area contributed by atoms with Gasteiger partial charge in [-0.2, -0.15) is 0 Å². The van der Waals surface area contributed by atoms with Crippen LogP contribution in [0, 0.1) is 6.92 Å². The van der Waals surface area contributed by atoms with E-state index in [0.29, 0.717) is 5.02 Å². The summed E-state index contributed by atoms with van der Waals surface area (Å²) in [7, 11) is -3.52. The highest BCUT2D eigenvalue weighted by molar-refractivity contribution is 9.09. The highest BCUT2D eigenvalue weighted by Gasteiger charge is 2.17. The van der Waals surface area contributed by atoms with Gasteiger partial charge in [-0.3, -0.25) is 0 Å². The van der Waals surface area contributed by atoms with Crippen LogP contribution in [0.2, 0.25) is 5.02 Å². The topological polar surface area (TPSA) is 46.2 Å². The van der Waals surface area contributed by atoms with Gasteiger partial charge >= 0.3 is 0 Å². The molecule has 0 aliphatic heterocycles. The van der Waals surface area contributed by atoms with Crippen molar-refractivity contribution < 1.29 is 8.42 Å². The van der Waals surface area contributed by atoms with Gasteiger partial charge in [0.1, 0.15) is 0 Å². The lowest BCUT2D eigenvalue weighted by atomic mass is 10.1. The number of hydrogen-bond acceptors (Lipinski definition) is 2. The quantitative estimate of drug-likeness (QED) is 0.785. The molecule has 112 valence electrons. The Hall–Kier alpha value is -0.880. The molecule has 3 nitrogen and oxygen atoms in total. The predicted octanol–water partition coefficient (Wildman–Crippen LogP) is 4.06. The van der Waals surface area contributed by atoms with E-state index in [2.05, 4.69) is 20.7 Å². The Morgan fingerprint density at radius 2 is 1.76 bits per heavy atom. The first-order valence-corrected chi connectivity index (χ1v) is 9.12. The third-order valence-corrected chi connectivity index (χ3v) is 5.63. The zero-order valence-corrected chi connectivity index (χ0v) is 14.5. The maximum Gasteiger partial charge on any atom is 0.240 e. The molecule has 0 aliphatic carbocycles. The third-order valence-electron chi connectivity index (χ3n) is 3.03. The van der Waals surface area contributed by atoms with Gasteiger partial charge < -0.3 is 0 Å². The molecule has 0 radical (unpaired) electrons. The van der Waals surface area contributed by atoms with Gasteiger partial charge in [-0.05, 0) is 30.7 Å². The lowest BCUT2D eigenvalue weighted by Crippen LogP contribution is -2.27.